The van der Waals surface area contributed by atoms with E-state index in [0.717, 1.165) is 0 Å². The number of alkyl halides is 1. The molecule has 0 fully saturated rings. The molecule has 0 spiro atoms. The van der Waals surface area contributed by atoms with Crippen molar-refractivity contribution in [1.29, 1.82) is 0 Å². The van der Waals surface area contributed by atoms with E-state index >= 15 is 0 Å². The molecule has 0 radical (unpaired) electrons. The second kappa shape index (κ2) is 11.3. The number of hydrogen-bond donors (Lipinski definition) is 0. The Bertz CT molecular complexity index is 1030. The third-order valence-corrected chi connectivity index (χ3v) is 7.48. The van der Waals surface area contributed by atoms with Crippen LogP contribution in [0.1, 0.15) is 5.56 Å². The summed E-state index contributed by atoms with van der Waals surface area (Å²) >= 11 is 2.62. The summed E-state index contributed by atoms with van der Waals surface area (Å²) in [6.45, 7) is 0. The Balaban J connectivity index is 0.000000195. The minimum absolute atomic E-state index is 0.432. The van der Waals surface area contributed by atoms with E-state index in [-0.39, 0.29) is 0 Å². The van der Waals surface area contributed by atoms with Gasteiger partial charge in [-0.1, -0.05) is 107 Å². The van der Waals surface area contributed by atoms with Gasteiger partial charge in [0, 0.05) is 10.9 Å². The molecular formula is C25H17BrF5P. The first-order chi connectivity index (χ1) is 15.5. The van der Waals surface area contributed by atoms with Crippen LogP contribution in [0.2, 0.25) is 0 Å². The summed E-state index contributed by atoms with van der Waals surface area (Å²) in [5, 5.41) is 3.76. The van der Waals surface area contributed by atoms with Crippen LogP contribution in [0.25, 0.3) is 0 Å². The average molecular weight is 523 g/mol. The summed E-state index contributed by atoms with van der Waals surface area (Å²) in [7, 11) is -0.446. The van der Waals surface area contributed by atoms with Crippen molar-refractivity contribution < 1.29 is 22.0 Å². The van der Waals surface area contributed by atoms with E-state index in [0.29, 0.717) is 0 Å². The van der Waals surface area contributed by atoms with Crippen molar-refractivity contribution >= 4 is 39.8 Å². The van der Waals surface area contributed by atoms with Gasteiger partial charge in [0.1, 0.15) is 0 Å². The van der Waals surface area contributed by atoms with Gasteiger partial charge in [0.05, 0.1) is 0 Å². The van der Waals surface area contributed by atoms with Crippen molar-refractivity contribution in [3.8, 4) is 0 Å². The molecule has 164 valence electrons. The fourth-order valence-corrected chi connectivity index (χ4v) is 5.74. The third kappa shape index (κ3) is 5.43. The standard InChI is InChI=1S/C18H15P.C7H2BrF5/c1-4-10-16(11-5-1)19(17-12-6-2-7-13-17)18-14-8-3-9-15-18;8-1-2-3(9)5(11)7(13)6(12)4(2)10/h1-15H;1H2. The summed E-state index contributed by atoms with van der Waals surface area (Å²) in [5.41, 5.74) is -0.864. The molecule has 4 aromatic rings. The first-order valence-corrected chi connectivity index (χ1v) is 11.9. The van der Waals surface area contributed by atoms with Gasteiger partial charge >= 0.3 is 0 Å². The van der Waals surface area contributed by atoms with Gasteiger partial charge in [-0.05, 0) is 23.8 Å². The van der Waals surface area contributed by atoms with E-state index in [2.05, 4.69) is 107 Å². The number of rotatable bonds is 4. The molecule has 0 aliphatic rings. The molecule has 0 saturated carbocycles. The minimum atomic E-state index is -2.14. The molecule has 0 saturated heterocycles. The molecule has 0 unspecified atom stereocenters. The van der Waals surface area contributed by atoms with Gasteiger partial charge < -0.3 is 0 Å². The van der Waals surface area contributed by atoms with E-state index in [1.54, 1.807) is 0 Å². The van der Waals surface area contributed by atoms with Crippen LogP contribution in [0.4, 0.5) is 22.0 Å². The molecule has 4 rings (SSSR count). The fourth-order valence-electron chi connectivity index (χ4n) is 2.95. The van der Waals surface area contributed by atoms with E-state index in [9.17, 15) is 22.0 Å². The first-order valence-electron chi connectivity index (χ1n) is 9.47. The molecule has 0 aliphatic carbocycles. The zero-order valence-electron chi connectivity index (χ0n) is 16.6. The third-order valence-electron chi connectivity index (χ3n) is 4.48. The maximum Gasteiger partial charge on any atom is 0.200 e. The second-order valence-electron chi connectivity index (χ2n) is 6.52. The Hall–Kier alpha value is -2.56. The Morgan fingerprint density at radius 1 is 0.469 bits per heavy atom. The van der Waals surface area contributed by atoms with E-state index < -0.39 is 47.9 Å². The van der Waals surface area contributed by atoms with Gasteiger partial charge in [0.25, 0.3) is 0 Å². The molecule has 0 atom stereocenters. The van der Waals surface area contributed by atoms with Crippen molar-refractivity contribution in [2.75, 3.05) is 0 Å². The van der Waals surface area contributed by atoms with Gasteiger partial charge in [-0.3, -0.25) is 0 Å². The highest BCUT2D eigenvalue weighted by atomic mass is 79.9. The molecule has 32 heavy (non-hydrogen) atoms. The Kier molecular flexibility index (Phi) is 8.54. The quantitative estimate of drug-likeness (QED) is 0.0917. The monoisotopic (exact) mass is 522 g/mol. The van der Waals surface area contributed by atoms with Crippen LogP contribution in [-0.2, 0) is 5.33 Å². The highest BCUT2D eigenvalue weighted by Crippen LogP contribution is 2.32. The SMILES string of the molecule is Fc1c(F)c(F)c(CBr)c(F)c1F.c1ccc(P(c2ccccc2)c2ccccc2)cc1. The highest BCUT2D eigenvalue weighted by Gasteiger charge is 2.24. The lowest BCUT2D eigenvalue weighted by Gasteiger charge is -2.18. The lowest BCUT2D eigenvalue weighted by atomic mass is 10.2. The Labute approximate surface area is 192 Å². The topological polar surface area (TPSA) is 0 Å². The average Bonchev–Trinajstić information content (AvgIpc) is 2.85. The van der Waals surface area contributed by atoms with Crippen LogP contribution in [0, 0.1) is 29.1 Å². The smallest absolute Gasteiger partial charge is 0.200 e. The second-order valence-corrected chi connectivity index (χ2v) is 9.30. The maximum atomic E-state index is 12.7. The predicted octanol–water partition coefficient (Wildman–Crippen LogP) is 6.72. The predicted molar refractivity (Wildman–Crippen MR) is 124 cm³/mol. The molecule has 0 aliphatic heterocycles. The normalized spacial score (nSPS) is 10.6. The van der Waals surface area contributed by atoms with Gasteiger partial charge in [-0.2, -0.15) is 0 Å². The van der Waals surface area contributed by atoms with Crippen molar-refractivity contribution in [3.63, 3.8) is 0 Å². The highest BCUT2D eigenvalue weighted by molar-refractivity contribution is 9.08. The van der Waals surface area contributed by atoms with Crippen molar-refractivity contribution in [2.24, 2.45) is 0 Å². The number of benzene rings is 4. The van der Waals surface area contributed by atoms with Crippen molar-refractivity contribution in [3.05, 3.63) is 126 Å². The zero-order chi connectivity index (χ0) is 23.1. The summed E-state index contributed by atoms with van der Waals surface area (Å²) in [6.07, 6.45) is 0. The molecule has 4 aromatic carbocycles. The van der Waals surface area contributed by atoms with Crippen LogP contribution >= 0.6 is 23.9 Å². The van der Waals surface area contributed by atoms with Gasteiger partial charge in [0.2, 0.25) is 5.82 Å². The van der Waals surface area contributed by atoms with Crippen LogP contribution in [-0.4, -0.2) is 0 Å². The summed E-state index contributed by atoms with van der Waals surface area (Å²) < 4.78 is 62.5. The lowest BCUT2D eigenvalue weighted by molar-refractivity contribution is 0.373. The maximum absolute atomic E-state index is 12.7. The molecule has 0 heterocycles. The van der Waals surface area contributed by atoms with Crippen LogP contribution < -0.4 is 15.9 Å². The molecule has 0 bridgehead atoms. The molecular weight excluding hydrogens is 506 g/mol. The molecule has 0 nitrogen and oxygen atoms in total. The van der Waals surface area contributed by atoms with E-state index in [1.165, 1.54) is 15.9 Å². The fraction of sp³-hybridized carbons (Fsp3) is 0.0400. The summed E-state index contributed by atoms with van der Waals surface area (Å²) in [5.74, 6) is -9.58. The van der Waals surface area contributed by atoms with Crippen LogP contribution in [0.15, 0.2) is 91.0 Å². The number of halogens is 6. The zero-order valence-corrected chi connectivity index (χ0v) is 19.1. The van der Waals surface area contributed by atoms with E-state index in [1.807, 2.05) is 0 Å². The summed E-state index contributed by atoms with van der Waals surface area (Å²) in [4.78, 5) is 0. The van der Waals surface area contributed by atoms with Gasteiger partial charge in [-0.25, -0.2) is 22.0 Å². The van der Waals surface area contributed by atoms with Gasteiger partial charge in [-0.15, -0.1) is 0 Å². The molecule has 0 N–H and O–H groups in total. The Morgan fingerprint density at radius 2 is 0.750 bits per heavy atom. The van der Waals surface area contributed by atoms with Crippen LogP contribution in [0.5, 0.6) is 0 Å². The first kappa shape index (κ1) is 24.1. The minimum Gasteiger partial charge on any atom is -0.203 e. The van der Waals surface area contributed by atoms with Crippen molar-refractivity contribution in [1.82, 2.24) is 0 Å². The Morgan fingerprint density at radius 3 is 1.03 bits per heavy atom. The largest absolute Gasteiger partial charge is 0.203 e. The van der Waals surface area contributed by atoms with E-state index in [4.69, 9.17) is 0 Å². The number of hydrogen-bond acceptors (Lipinski definition) is 0. The van der Waals surface area contributed by atoms with Gasteiger partial charge in [0.15, 0.2) is 23.3 Å². The molecule has 7 heteroatoms. The summed E-state index contributed by atoms with van der Waals surface area (Å²) in [6, 6.07) is 32.3. The van der Waals surface area contributed by atoms with Crippen LogP contribution in [0.3, 0.4) is 0 Å². The van der Waals surface area contributed by atoms with Crippen molar-refractivity contribution in [2.45, 2.75) is 5.33 Å². The molecule has 0 amide bonds. The lowest BCUT2D eigenvalue weighted by Crippen LogP contribution is -2.20. The molecule has 0 aromatic heterocycles.